The van der Waals surface area contributed by atoms with Gasteiger partial charge in [0, 0.05) is 11.8 Å². The van der Waals surface area contributed by atoms with Crippen LogP contribution < -0.4 is 5.32 Å². The van der Waals surface area contributed by atoms with Crippen molar-refractivity contribution < 1.29 is 8.42 Å². The van der Waals surface area contributed by atoms with E-state index < -0.39 is 9.84 Å². The third-order valence-corrected chi connectivity index (χ3v) is 5.94. The summed E-state index contributed by atoms with van der Waals surface area (Å²) < 4.78 is 22.7. The van der Waals surface area contributed by atoms with Crippen molar-refractivity contribution in [3.8, 4) is 0 Å². The molecule has 1 saturated carbocycles. The lowest BCUT2D eigenvalue weighted by Gasteiger charge is -2.23. The molecule has 4 heteroatoms. The molecule has 0 heterocycles. The second-order valence-corrected chi connectivity index (χ2v) is 8.06. The van der Waals surface area contributed by atoms with Crippen molar-refractivity contribution in [2.24, 2.45) is 5.92 Å². The molecule has 1 aliphatic carbocycles. The van der Waals surface area contributed by atoms with Crippen LogP contribution in [0.2, 0.25) is 0 Å². The Morgan fingerprint density at radius 2 is 1.78 bits per heavy atom. The second-order valence-electron chi connectivity index (χ2n) is 5.58. The maximum Gasteiger partial charge on any atom is 0.150 e. The molecule has 108 valence electrons. The van der Waals surface area contributed by atoms with E-state index in [1.807, 2.05) is 0 Å². The first-order valence-electron chi connectivity index (χ1n) is 7.49. The number of sulfone groups is 1. The smallest absolute Gasteiger partial charge is 0.150 e. The zero-order chi connectivity index (χ0) is 13.4. The summed E-state index contributed by atoms with van der Waals surface area (Å²) in [5.41, 5.74) is 0. The van der Waals surface area contributed by atoms with Crippen LogP contribution >= 0.6 is 0 Å². The Morgan fingerprint density at radius 3 is 2.33 bits per heavy atom. The Labute approximate surface area is 113 Å². The first kappa shape index (κ1) is 16.0. The highest BCUT2D eigenvalue weighted by atomic mass is 32.2. The Balaban J connectivity index is 2.18. The molecule has 0 saturated heterocycles. The van der Waals surface area contributed by atoms with Gasteiger partial charge in [-0.25, -0.2) is 8.42 Å². The van der Waals surface area contributed by atoms with E-state index >= 15 is 0 Å². The highest BCUT2D eigenvalue weighted by molar-refractivity contribution is 7.91. The van der Waals surface area contributed by atoms with Gasteiger partial charge in [-0.3, -0.25) is 0 Å². The van der Waals surface area contributed by atoms with Gasteiger partial charge in [0.25, 0.3) is 0 Å². The standard InChI is InChI=1S/C14H29NO2S/c1-3-18(16,17)12-8-11-15-13(2)14-9-6-4-5-7-10-14/h13-15H,3-12H2,1-2H3/t13-/m1/s1. The molecular formula is C14H29NO2S. The summed E-state index contributed by atoms with van der Waals surface area (Å²) in [6.07, 6.45) is 8.91. The summed E-state index contributed by atoms with van der Waals surface area (Å²) in [6, 6.07) is 0.535. The number of hydrogen-bond acceptors (Lipinski definition) is 3. The average Bonchev–Trinajstić information content (AvgIpc) is 2.63. The summed E-state index contributed by atoms with van der Waals surface area (Å²) in [7, 11) is -2.79. The minimum atomic E-state index is -2.79. The highest BCUT2D eigenvalue weighted by Crippen LogP contribution is 2.25. The lowest BCUT2D eigenvalue weighted by Crippen LogP contribution is -2.34. The van der Waals surface area contributed by atoms with Gasteiger partial charge in [-0.1, -0.05) is 32.6 Å². The molecule has 0 bridgehead atoms. The number of nitrogens with one attached hydrogen (secondary N) is 1. The van der Waals surface area contributed by atoms with Crippen molar-refractivity contribution in [3.05, 3.63) is 0 Å². The van der Waals surface area contributed by atoms with Gasteiger partial charge in [0.15, 0.2) is 0 Å². The van der Waals surface area contributed by atoms with Gasteiger partial charge in [0.2, 0.25) is 0 Å². The van der Waals surface area contributed by atoms with E-state index in [1.165, 1.54) is 38.5 Å². The maximum absolute atomic E-state index is 11.4. The second kappa shape index (κ2) is 8.16. The van der Waals surface area contributed by atoms with Gasteiger partial charge < -0.3 is 5.32 Å². The summed E-state index contributed by atoms with van der Waals surface area (Å²) in [6.45, 7) is 4.80. The Kier molecular flexibility index (Phi) is 7.23. The van der Waals surface area contributed by atoms with Gasteiger partial charge in [0.05, 0.1) is 5.75 Å². The van der Waals surface area contributed by atoms with Crippen LogP contribution in [0, 0.1) is 5.92 Å². The van der Waals surface area contributed by atoms with E-state index in [-0.39, 0.29) is 5.75 Å². The zero-order valence-corrected chi connectivity index (χ0v) is 12.8. The molecule has 0 aromatic heterocycles. The minimum absolute atomic E-state index is 0.269. The molecule has 0 spiro atoms. The van der Waals surface area contributed by atoms with Gasteiger partial charge in [-0.05, 0) is 38.6 Å². The van der Waals surface area contributed by atoms with Gasteiger partial charge >= 0.3 is 0 Å². The third kappa shape index (κ3) is 6.19. The van der Waals surface area contributed by atoms with Crippen LogP contribution in [0.15, 0.2) is 0 Å². The fraction of sp³-hybridized carbons (Fsp3) is 1.00. The van der Waals surface area contributed by atoms with E-state index in [2.05, 4.69) is 12.2 Å². The first-order valence-corrected chi connectivity index (χ1v) is 9.31. The molecule has 0 aromatic rings. The topological polar surface area (TPSA) is 46.2 Å². The Morgan fingerprint density at radius 1 is 1.17 bits per heavy atom. The van der Waals surface area contributed by atoms with Crippen LogP contribution in [0.3, 0.4) is 0 Å². The molecule has 1 N–H and O–H groups in total. The van der Waals surface area contributed by atoms with Crippen molar-refractivity contribution >= 4 is 9.84 Å². The van der Waals surface area contributed by atoms with E-state index in [0.717, 1.165) is 18.9 Å². The van der Waals surface area contributed by atoms with Gasteiger partial charge in [0.1, 0.15) is 9.84 Å². The summed E-state index contributed by atoms with van der Waals surface area (Å²) in [5, 5.41) is 3.51. The first-order chi connectivity index (χ1) is 8.55. The van der Waals surface area contributed by atoms with Crippen LogP contribution in [0.5, 0.6) is 0 Å². The van der Waals surface area contributed by atoms with E-state index in [1.54, 1.807) is 6.92 Å². The highest BCUT2D eigenvalue weighted by Gasteiger charge is 2.18. The van der Waals surface area contributed by atoms with Crippen molar-refractivity contribution in [1.29, 1.82) is 0 Å². The lowest BCUT2D eigenvalue weighted by atomic mass is 9.93. The van der Waals surface area contributed by atoms with Crippen LogP contribution in [0.25, 0.3) is 0 Å². The molecular weight excluding hydrogens is 246 g/mol. The molecule has 3 nitrogen and oxygen atoms in total. The average molecular weight is 275 g/mol. The lowest BCUT2D eigenvalue weighted by molar-refractivity contribution is 0.339. The van der Waals surface area contributed by atoms with Crippen LogP contribution in [0.1, 0.15) is 58.8 Å². The molecule has 18 heavy (non-hydrogen) atoms. The Hall–Kier alpha value is -0.0900. The summed E-state index contributed by atoms with van der Waals surface area (Å²) in [5.74, 6) is 1.38. The number of rotatable bonds is 7. The van der Waals surface area contributed by atoms with Crippen LogP contribution in [-0.4, -0.2) is 32.5 Å². The van der Waals surface area contributed by atoms with Crippen molar-refractivity contribution in [1.82, 2.24) is 5.32 Å². The zero-order valence-electron chi connectivity index (χ0n) is 12.0. The fourth-order valence-electron chi connectivity index (χ4n) is 2.74. The quantitative estimate of drug-likeness (QED) is 0.574. The van der Waals surface area contributed by atoms with E-state index in [4.69, 9.17) is 0 Å². The van der Waals surface area contributed by atoms with Crippen molar-refractivity contribution in [2.45, 2.75) is 64.8 Å². The normalized spacial score (nSPS) is 20.6. The van der Waals surface area contributed by atoms with E-state index in [0.29, 0.717) is 11.8 Å². The summed E-state index contributed by atoms with van der Waals surface area (Å²) in [4.78, 5) is 0. The maximum atomic E-state index is 11.4. The largest absolute Gasteiger partial charge is 0.314 e. The molecule has 0 unspecified atom stereocenters. The SMILES string of the molecule is CCS(=O)(=O)CCCN[C@H](C)C1CCCCCC1. The summed E-state index contributed by atoms with van der Waals surface area (Å²) >= 11 is 0. The molecule has 0 aromatic carbocycles. The molecule has 0 radical (unpaired) electrons. The van der Waals surface area contributed by atoms with E-state index in [9.17, 15) is 8.42 Å². The van der Waals surface area contributed by atoms with Crippen LogP contribution in [0.4, 0.5) is 0 Å². The third-order valence-electron chi connectivity index (χ3n) is 4.15. The van der Waals surface area contributed by atoms with Crippen molar-refractivity contribution in [3.63, 3.8) is 0 Å². The molecule has 0 amide bonds. The van der Waals surface area contributed by atoms with Gasteiger partial charge in [-0.15, -0.1) is 0 Å². The van der Waals surface area contributed by atoms with Crippen molar-refractivity contribution in [2.75, 3.05) is 18.1 Å². The molecule has 1 fully saturated rings. The Bertz CT molecular complexity index is 306. The fourth-order valence-corrected chi connectivity index (χ4v) is 3.62. The molecule has 1 rings (SSSR count). The monoisotopic (exact) mass is 275 g/mol. The predicted molar refractivity (Wildman–Crippen MR) is 77.6 cm³/mol. The molecule has 1 aliphatic rings. The van der Waals surface area contributed by atoms with Gasteiger partial charge in [-0.2, -0.15) is 0 Å². The molecule has 0 aliphatic heterocycles. The molecule has 1 atom stereocenters. The van der Waals surface area contributed by atoms with Crippen LogP contribution in [-0.2, 0) is 9.84 Å². The minimum Gasteiger partial charge on any atom is -0.314 e. The number of hydrogen-bond donors (Lipinski definition) is 1. The predicted octanol–water partition coefficient (Wildman–Crippen LogP) is 2.76.